The topological polar surface area (TPSA) is 50.6 Å². The van der Waals surface area contributed by atoms with Gasteiger partial charge in [-0.1, -0.05) is 42.5 Å². The highest BCUT2D eigenvalue weighted by Gasteiger charge is 2.20. The van der Waals surface area contributed by atoms with E-state index in [1.165, 1.54) is 0 Å². The second-order valence-electron chi connectivity index (χ2n) is 6.31. The van der Waals surface area contributed by atoms with E-state index in [0.29, 0.717) is 12.4 Å². The fraction of sp³-hybridized carbons (Fsp3) is 0.190. The molecule has 1 aromatic heterocycles. The van der Waals surface area contributed by atoms with Crippen LogP contribution < -0.4 is 4.74 Å². The van der Waals surface area contributed by atoms with Crippen molar-refractivity contribution in [3.05, 3.63) is 72.1 Å². The number of aliphatic imine (C=N–C) groups is 1. The van der Waals surface area contributed by atoms with Gasteiger partial charge in [0.05, 0.1) is 12.3 Å². The predicted octanol–water partition coefficient (Wildman–Crippen LogP) is 3.72. The maximum atomic E-state index is 5.90. The Labute approximate surface area is 153 Å². The van der Waals surface area contributed by atoms with Crippen molar-refractivity contribution in [2.75, 3.05) is 20.7 Å². The van der Waals surface area contributed by atoms with Crippen LogP contribution in [-0.4, -0.2) is 41.4 Å². The molecule has 0 unspecified atom stereocenters. The largest absolute Gasteiger partial charge is 0.493 e. The minimum absolute atomic E-state index is 0.586. The summed E-state index contributed by atoms with van der Waals surface area (Å²) in [5, 5.41) is 0. The normalized spacial score (nSPS) is 13.2. The second kappa shape index (κ2) is 6.96. The molecular formula is C21H20N4O. The maximum absolute atomic E-state index is 5.90. The molecule has 0 atom stereocenters. The lowest BCUT2D eigenvalue weighted by Crippen LogP contribution is -2.23. The highest BCUT2D eigenvalue weighted by molar-refractivity contribution is 6.00. The Balaban J connectivity index is 1.87. The molecule has 0 spiro atoms. The zero-order chi connectivity index (χ0) is 17.9. The van der Waals surface area contributed by atoms with Crippen molar-refractivity contribution >= 4 is 11.7 Å². The molecule has 5 heteroatoms. The SMILES string of the molecule is CN(C)C(=Nc1ncnc2c1CCOc1ccccc1-2)c1ccccc1. The minimum atomic E-state index is 0.586. The molecular weight excluding hydrogens is 324 g/mol. The average molecular weight is 344 g/mol. The Hall–Kier alpha value is -3.21. The minimum Gasteiger partial charge on any atom is -0.493 e. The van der Waals surface area contributed by atoms with E-state index in [1.54, 1.807) is 6.33 Å². The lowest BCUT2D eigenvalue weighted by atomic mass is 10.0. The Morgan fingerprint density at radius 2 is 1.77 bits per heavy atom. The maximum Gasteiger partial charge on any atom is 0.161 e. The molecule has 2 heterocycles. The summed E-state index contributed by atoms with van der Waals surface area (Å²) in [5.74, 6) is 2.42. The molecule has 3 aromatic rings. The van der Waals surface area contributed by atoms with E-state index >= 15 is 0 Å². The van der Waals surface area contributed by atoms with Crippen molar-refractivity contribution < 1.29 is 4.74 Å². The summed E-state index contributed by atoms with van der Waals surface area (Å²) in [5.41, 5.74) is 3.96. The van der Waals surface area contributed by atoms with Gasteiger partial charge in [0.15, 0.2) is 5.82 Å². The van der Waals surface area contributed by atoms with Crippen molar-refractivity contribution in [2.45, 2.75) is 6.42 Å². The van der Waals surface area contributed by atoms with E-state index < -0.39 is 0 Å². The Kier molecular flexibility index (Phi) is 4.35. The van der Waals surface area contributed by atoms with E-state index in [1.807, 2.05) is 61.5 Å². The molecule has 0 aliphatic carbocycles. The molecule has 5 nitrogen and oxygen atoms in total. The average Bonchev–Trinajstić information content (AvgIpc) is 2.86. The number of rotatable bonds is 2. The zero-order valence-corrected chi connectivity index (χ0v) is 14.9. The van der Waals surface area contributed by atoms with Crippen molar-refractivity contribution in [1.82, 2.24) is 14.9 Å². The Bertz CT molecular complexity index is 951. The molecule has 130 valence electrons. The van der Waals surface area contributed by atoms with Crippen LogP contribution in [0.5, 0.6) is 5.75 Å². The fourth-order valence-corrected chi connectivity index (χ4v) is 3.12. The fourth-order valence-electron chi connectivity index (χ4n) is 3.12. The summed E-state index contributed by atoms with van der Waals surface area (Å²) in [6.07, 6.45) is 2.30. The van der Waals surface area contributed by atoms with Crippen molar-refractivity contribution in [2.24, 2.45) is 4.99 Å². The van der Waals surface area contributed by atoms with Crippen LogP contribution in [0, 0.1) is 0 Å². The highest BCUT2D eigenvalue weighted by Crippen LogP contribution is 2.36. The van der Waals surface area contributed by atoms with Crippen LogP contribution in [0.2, 0.25) is 0 Å². The van der Waals surface area contributed by atoms with Crippen LogP contribution in [0.25, 0.3) is 11.3 Å². The molecule has 2 aromatic carbocycles. The van der Waals surface area contributed by atoms with E-state index in [2.05, 4.69) is 22.1 Å². The van der Waals surface area contributed by atoms with Gasteiger partial charge in [0.2, 0.25) is 0 Å². The molecule has 0 amide bonds. The number of hydrogen-bond donors (Lipinski definition) is 0. The van der Waals surface area contributed by atoms with Gasteiger partial charge < -0.3 is 9.64 Å². The van der Waals surface area contributed by atoms with Gasteiger partial charge in [-0.15, -0.1) is 0 Å². The smallest absolute Gasteiger partial charge is 0.161 e. The predicted molar refractivity (Wildman–Crippen MR) is 103 cm³/mol. The summed E-state index contributed by atoms with van der Waals surface area (Å²) in [6, 6.07) is 18.1. The monoisotopic (exact) mass is 344 g/mol. The first-order valence-corrected chi connectivity index (χ1v) is 8.61. The van der Waals surface area contributed by atoms with Crippen molar-refractivity contribution in [3.8, 4) is 17.0 Å². The molecule has 0 fully saturated rings. The summed E-state index contributed by atoms with van der Waals surface area (Å²) in [7, 11) is 3.98. The summed E-state index contributed by atoms with van der Waals surface area (Å²) in [6.45, 7) is 0.586. The quantitative estimate of drug-likeness (QED) is 0.525. The first-order valence-electron chi connectivity index (χ1n) is 8.61. The molecule has 0 N–H and O–H groups in total. The number of fused-ring (bicyclic) bond motifs is 3. The zero-order valence-electron chi connectivity index (χ0n) is 14.9. The van der Waals surface area contributed by atoms with Gasteiger partial charge in [-0.3, -0.25) is 0 Å². The van der Waals surface area contributed by atoms with Gasteiger partial charge in [0.1, 0.15) is 17.9 Å². The van der Waals surface area contributed by atoms with Gasteiger partial charge in [-0.05, 0) is 12.1 Å². The molecule has 0 bridgehead atoms. The van der Waals surface area contributed by atoms with Crippen LogP contribution in [0.4, 0.5) is 5.82 Å². The van der Waals surface area contributed by atoms with Gasteiger partial charge in [-0.2, -0.15) is 0 Å². The first kappa shape index (κ1) is 16.3. The number of aromatic nitrogens is 2. The number of ether oxygens (including phenoxy) is 1. The van der Waals surface area contributed by atoms with Gasteiger partial charge >= 0.3 is 0 Å². The second-order valence-corrected chi connectivity index (χ2v) is 6.31. The third-order valence-electron chi connectivity index (χ3n) is 4.34. The Morgan fingerprint density at radius 3 is 2.58 bits per heavy atom. The first-order chi connectivity index (χ1) is 12.7. The number of benzene rings is 2. The lowest BCUT2D eigenvalue weighted by molar-refractivity contribution is 0.326. The van der Waals surface area contributed by atoms with E-state index in [9.17, 15) is 0 Å². The van der Waals surface area contributed by atoms with Crippen molar-refractivity contribution in [3.63, 3.8) is 0 Å². The van der Waals surface area contributed by atoms with Gasteiger partial charge in [-0.25, -0.2) is 15.0 Å². The number of hydrogen-bond acceptors (Lipinski definition) is 4. The third-order valence-corrected chi connectivity index (χ3v) is 4.34. The highest BCUT2D eigenvalue weighted by atomic mass is 16.5. The van der Waals surface area contributed by atoms with Crippen LogP contribution >= 0.6 is 0 Å². The summed E-state index contributed by atoms with van der Waals surface area (Å²) < 4.78 is 5.90. The number of nitrogens with zero attached hydrogens (tertiary/aromatic N) is 4. The van der Waals surface area contributed by atoms with Crippen LogP contribution in [0.15, 0.2) is 65.9 Å². The molecule has 26 heavy (non-hydrogen) atoms. The summed E-state index contributed by atoms with van der Waals surface area (Å²) >= 11 is 0. The standard InChI is InChI=1S/C21H20N4O/c1-25(2)21(15-8-4-3-5-9-15)24-20-17-12-13-26-18-11-7-6-10-16(18)19(17)22-14-23-20/h3-11,14H,12-13H2,1-2H3. The van der Waals surface area contributed by atoms with Crippen LogP contribution in [0.1, 0.15) is 11.1 Å². The molecule has 1 aliphatic heterocycles. The molecule has 4 rings (SSSR count). The van der Waals surface area contributed by atoms with Crippen LogP contribution in [0.3, 0.4) is 0 Å². The van der Waals surface area contributed by atoms with E-state index in [4.69, 9.17) is 9.73 Å². The van der Waals surface area contributed by atoms with E-state index in [-0.39, 0.29) is 0 Å². The molecule has 0 radical (unpaired) electrons. The third kappa shape index (κ3) is 3.04. The molecule has 0 saturated carbocycles. The number of para-hydroxylation sites is 1. The van der Waals surface area contributed by atoms with Gasteiger partial charge in [0.25, 0.3) is 0 Å². The Morgan fingerprint density at radius 1 is 1.00 bits per heavy atom. The van der Waals surface area contributed by atoms with E-state index in [0.717, 1.165) is 40.4 Å². The lowest BCUT2D eigenvalue weighted by Gasteiger charge is -2.17. The van der Waals surface area contributed by atoms with Crippen molar-refractivity contribution in [1.29, 1.82) is 0 Å². The van der Waals surface area contributed by atoms with Gasteiger partial charge in [0, 0.05) is 37.2 Å². The molecule has 1 aliphatic rings. The number of amidine groups is 1. The summed E-state index contributed by atoms with van der Waals surface area (Å²) in [4.78, 5) is 15.9. The van der Waals surface area contributed by atoms with Crippen LogP contribution in [-0.2, 0) is 6.42 Å². The molecule has 0 saturated heterocycles.